The Hall–Kier alpha value is -1.51. The molecule has 0 saturated carbocycles. The largest absolute Gasteiger partial charge is 0.349 e. The van der Waals surface area contributed by atoms with Crippen molar-refractivity contribution in [3.05, 3.63) is 68.7 Å². The lowest BCUT2D eigenvalue weighted by molar-refractivity contribution is -0.121. The predicted molar refractivity (Wildman–Crippen MR) is 102 cm³/mol. The van der Waals surface area contributed by atoms with Gasteiger partial charge in [-0.1, -0.05) is 54.4 Å². The highest BCUT2D eigenvalue weighted by Crippen LogP contribution is 2.26. The lowest BCUT2D eigenvalue weighted by atomic mass is 9.99. The van der Waals surface area contributed by atoms with Gasteiger partial charge in [-0.15, -0.1) is 0 Å². The van der Waals surface area contributed by atoms with E-state index in [0.717, 1.165) is 17.5 Å². The summed E-state index contributed by atoms with van der Waals surface area (Å²) in [7, 11) is 0. The topological polar surface area (TPSA) is 29.1 Å². The van der Waals surface area contributed by atoms with E-state index in [2.05, 4.69) is 44.3 Å². The molecule has 0 bridgehead atoms. The highest BCUT2D eigenvalue weighted by molar-refractivity contribution is 6.36. The lowest BCUT2D eigenvalue weighted by Crippen LogP contribution is -2.28. The first-order valence-corrected chi connectivity index (χ1v) is 8.97. The summed E-state index contributed by atoms with van der Waals surface area (Å²) in [5, 5.41) is 4.33. The van der Waals surface area contributed by atoms with Crippen LogP contribution in [0.5, 0.6) is 0 Å². The van der Waals surface area contributed by atoms with E-state index in [1.807, 2.05) is 0 Å². The Morgan fingerprint density at radius 1 is 1.08 bits per heavy atom. The molecule has 128 valence electrons. The maximum absolute atomic E-state index is 12.3. The van der Waals surface area contributed by atoms with Crippen molar-refractivity contribution in [2.24, 2.45) is 0 Å². The van der Waals surface area contributed by atoms with Crippen LogP contribution in [0.4, 0.5) is 0 Å². The van der Waals surface area contributed by atoms with Gasteiger partial charge in [-0.05, 0) is 61.1 Å². The molecule has 2 rings (SSSR count). The van der Waals surface area contributed by atoms with Crippen LogP contribution in [-0.4, -0.2) is 5.91 Å². The summed E-state index contributed by atoms with van der Waals surface area (Å²) in [5.74, 6) is 0.0102. The second-order valence-corrected chi connectivity index (χ2v) is 6.89. The van der Waals surface area contributed by atoms with Crippen LogP contribution in [0.1, 0.15) is 48.1 Å². The van der Waals surface area contributed by atoms with Crippen molar-refractivity contribution >= 4 is 29.1 Å². The molecular weight excluding hydrogens is 341 g/mol. The second-order valence-electron chi connectivity index (χ2n) is 6.07. The minimum atomic E-state index is 0.0102. The van der Waals surface area contributed by atoms with Crippen LogP contribution in [0.3, 0.4) is 0 Å². The standard InChI is InChI=1S/C20H23Cl2NO/c1-4-19(15-9-8-13(2)14(3)12-15)23-20(24)11-10-16-17(21)6-5-7-18(16)22/h5-9,12,19H,4,10-11H2,1-3H3,(H,23,24). The molecule has 0 radical (unpaired) electrons. The zero-order valence-corrected chi connectivity index (χ0v) is 15.8. The van der Waals surface area contributed by atoms with Gasteiger partial charge in [0.15, 0.2) is 0 Å². The number of carbonyl (C=O) groups is 1. The quantitative estimate of drug-likeness (QED) is 0.688. The fourth-order valence-electron chi connectivity index (χ4n) is 2.68. The van der Waals surface area contributed by atoms with Gasteiger partial charge in [0.1, 0.15) is 0 Å². The minimum Gasteiger partial charge on any atom is -0.349 e. The van der Waals surface area contributed by atoms with Crippen molar-refractivity contribution in [2.75, 3.05) is 0 Å². The summed E-state index contributed by atoms with van der Waals surface area (Å²) in [4.78, 5) is 12.3. The number of aryl methyl sites for hydroxylation is 2. The van der Waals surface area contributed by atoms with Crippen LogP contribution >= 0.6 is 23.2 Å². The van der Waals surface area contributed by atoms with Crippen molar-refractivity contribution < 1.29 is 4.79 Å². The van der Waals surface area contributed by atoms with Gasteiger partial charge in [0.05, 0.1) is 6.04 Å². The third-order valence-corrected chi connectivity index (χ3v) is 5.05. The zero-order chi connectivity index (χ0) is 17.7. The summed E-state index contributed by atoms with van der Waals surface area (Å²) >= 11 is 12.3. The molecule has 4 heteroatoms. The predicted octanol–water partition coefficient (Wildman–Crippen LogP) is 5.81. The number of rotatable bonds is 6. The molecule has 1 unspecified atom stereocenters. The number of benzene rings is 2. The van der Waals surface area contributed by atoms with E-state index in [9.17, 15) is 4.79 Å². The molecule has 0 saturated heterocycles. The van der Waals surface area contributed by atoms with Crippen molar-refractivity contribution in [3.8, 4) is 0 Å². The molecule has 24 heavy (non-hydrogen) atoms. The fourth-order valence-corrected chi connectivity index (χ4v) is 3.27. The summed E-state index contributed by atoms with van der Waals surface area (Å²) in [6.45, 7) is 6.25. The molecule has 1 amide bonds. The first kappa shape index (κ1) is 18.8. The molecule has 0 heterocycles. The molecule has 0 aliphatic rings. The molecule has 1 N–H and O–H groups in total. The van der Waals surface area contributed by atoms with Gasteiger partial charge >= 0.3 is 0 Å². The molecule has 0 aliphatic heterocycles. The van der Waals surface area contributed by atoms with Crippen LogP contribution < -0.4 is 5.32 Å². The van der Waals surface area contributed by atoms with Gasteiger partial charge in [0, 0.05) is 16.5 Å². The molecule has 0 aromatic heterocycles. The number of carbonyl (C=O) groups excluding carboxylic acids is 1. The molecule has 2 aromatic rings. The summed E-state index contributed by atoms with van der Waals surface area (Å²) in [6, 6.07) is 11.8. The van der Waals surface area contributed by atoms with Crippen molar-refractivity contribution in [3.63, 3.8) is 0 Å². The van der Waals surface area contributed by atoms with Crippen LogP contribution in [0.2, 0.25) is 10.0 Å². The Balaban J connectivity index is 2.00. The van der Waals surface area contributed by atoms with E-state index in [4.69, 9.17) is 23.2 Å². The maximum Gasteiger partial charge on any atom is 0.220 e. The van der Waals surface area contributed by atoms with Gasteiger partial charge in [0.25, 0.3) is 0 Å². The number of hydrogen-bond acceptors (Lipinski definition) is 1. The number of nitrogens with one attached hydrogen (secondary N) is 1. The average Bonchev–Trinajstić information content (AvgIpc) is 2.55. The smallest absolute Gasteiger partial charge is 0.220 e. The molecule has 0 spiro atoms. The fraction of sp³-hybridized carbons (Fsp3) is 0.350. The van der Waals surface area contributed by atoms with E-state index in [1.165, 1.54) is 11.1 Å². The Bertz CT molecular complexity index is 707. The number of hydrogen-bond donors (Lipinski definition) is 1. The summed E-state index contributed by atoms with van der Waals surface area (Å²) in [5.41, 5.74) is 4.47. The molecule has 2 aromatic carbocycles. The van der Waals surface area contributed by atoms with Crippen molar-refractivity contribution in [1.29, 1.82) is 0 Å². The van der Waals surface area contributed by atoms with Crippen molar-refractivity contribution in [1.82, 2.24) is 5.32 Å². The minimum absolute atomic E-state index is 0.0102. The van der Waals surface area contributed by atoms with E-state index in [-0.39, 0.29) is 11.9 Å². The van der Waals surface area contributed by atoms with Crippen LogP contribution in [0.15, 0.2) is 36.4 Å². The number of amides is 1. The Morgan fingerprint density at radius 2 is 1.75 bits per heavy atom. The highest BCUT2D eigenvalue weighted by Gasteiger charge is 2.14. The van der Waals surface area contributed by atoms with E-state index >= 15 is 0 Å². The second kappa shape index (κ2) is 8.55. The van der Waals surface area contributed by atoms with Gasteiger partial charge in [-0.3, -0.25) is 4.79 Å². The van der Waals surface area contributed by atoms with Crippen molar-refractivity contribution in [2.45, 2.75) is 46.1 Å². The Labute approximate surface area is 154 Å². The lowest BCUT2D eigenvalue weighted by Gasteiger charge is -2.19. The first-order chi connectivity index (χ1) is 11.4. The van der Waals surface area contributed by atoms with E-state index < -0.39 is 0 Å². The monoisotopic (exact) mass is 363 g/mol. The SMILES string of the molecule is CCC(NC(=O)CCc1c(Cl)cccc1Cl)c1ccc(C)c(C)c1. The molecule has 0 fully saturated rings. The van der Waals surface area contributed by atoms with Gasteiger partial charge in [0.2, 0.25) is 5.91 Å². The maximum atomic E-state index is 12.3. The molecule has 1 atom stereocenters. The molecular formula is C20H23Cl2NO. The third kappa shape index (κ3) is 4.75. The molecule has 0 aliphatic carbocycles. The highest BCUT2D eigenvalue weighted by atomic mass is 35.5. The zero-order valence-electron chi connectivity index (χ0n) is 14.3. The van der Waals surface area contributed by atoms with Gasteiger partial charge < -0.3 is 5.32 Å². The van der Waals surface area contributed by atoms with Gasteiger partial charge in [-0.25, -0.2) is 0 Å². The van der Waals surface area contributed by atoms with E-state index in [1.54, 1.807) is 18.2 Å². The third-order valence-electron chi connectivity index (χ3n) is 4.34. The van der Waals surface area contributed by atoms with Crippen LogP contribution in [0.25, 0.3) is 0 Å². The molecule has 2 nitrogen and oxygen atoms in total. The van der Waals surface area contributed by atoms with Gasteiger partial charge in [-0.2, -0.15) is 0 Å². The van der Waals surface area contributed by atoms with Crippen LogP contribution in [0, 0.1) is 13.8 Å². The summed E-state index contributed by atoms with van der Waals surface area (Å²) in [6.07, 6.45) is 1.75. The number of halogens is 2. The van der Waals surface area contributed by atoms with E-state index in [0.29, 0.717) is 22.9 Å². The Morgan fingerprint density at radius 3 is 2.33 bits per heavy atom. The average molecular weight is 364 g/mol. The first-order valence-electron chi connectivity index (χ1n) is 8.21. The van der Waals surface area contributed by atoms with Crippen LogP contribution in [-0.2, 0) is 11.2 Å². The Kier molecular flexibility index (Phi) is 6.70. The summed E-state index contributed by atoms with van der Waals surface area (Å²) < 4.78 is 0. The normalized spacial score (nSPS) is 12.0.